The fourth-order valence-corrected chi connectivity index (χ4v) is 4.41. The Morgan fingerprint density at radius 3 is 2.37 bits per heavy atom. The molecular formula is C19H13BrN4O6. The summed E-state index contributed by atoms with van der Waals surface area (Å²) in [6.45, 7) is 0. The molecule has 0 fully saturated rings. The normalized spacial score (nSPS) is 20.1. The second kappa shape index (κ2) is 7.34. The molecule has 0 radical (unpaired) electrons. The number of benzene rings is 2. The average Bonchev–Trinajstić information content (AvgIpc) is 3.08. The molecule has 1 heterocycles. The second-order valence-corrected chi connectivity index (χ2v) is 7.72. The number of carbonyl (C=O) groups excluding carboxylic acids is 1. The van der Waals surface area contributed by atoms with E-state index in [0.29, 0.717) is 17.7 Å². The summed E-state index contributed by atoms with van der Waals surface area (Å²) < 4.78 is 0.790. The van der Waals surface area contributed by atoms with Crippen molar-refractivity contribution in [2.75, 3.05) is 0 Å². The summed E-state index contributed by atoms with van der Waals surface area (Å²) in [5.41, 5.74) is 2.97. The highest BCUT2D eigenvalue weighted by Gasteiger charge is 2.41. The van der Waals surface area contributed by atoms with Gasteiger partial charge in [-0.15, -0.1) is 0 Å². The Morgan fingerprint density at radius 2 is 1.77 bits per heavy atom. The number of phenols is 1. The number of rotatable bonds is 4. The minimum Gasteiger partial charge on any atom is -0.497 e. The number of carbonyl (C=O) groups is 1. The zero-order valence-corrected chi connectivity index (χ0v) is 16.7. The standard InChI is InChI=1S/C19H13BrN4O6/c20-13-4-2-1-3-11(13)12-5-9(6-14-17(12)19(26)22-21-14)10-7-15(23(27)28)18(25)16(8-10)24(29)30/h1-4,6-8,12,17,25H,5H2,(H,22,26). The minimum absolute atomic E-state index is 0.212. The fraction of sp³-hybridized carbons (Fsp3) is 0.158. The van der Waals surface area contributed by atoms with Crippen LogP contribution in [0.5, 0.6) is 5.75 Å². The maximum atomic E-state index is 12.4. The van der Waals surface area contributed by atoms with E-state index in [1.54, 1.807) is 6.08 Å². The molecule has 152 valence electrons. The van der Waals surface area contributed by atoms with Gasteiger partial charge in [-0.05, 0) is 35.3 Å². The Kier molecular flexibility index (Phi) is 4.82. The van der Waals surface area contributed by atoms with E-state index in [4.69, 9.17) is 0 Å². The molecule has 4 rings (SSSR count). The van der Waals surface area contributed by atoms with Crippen LogP contribution in [-0.2, 0) is 4.79 Å². The monoisotopic (exact) mass is 472 g/mol. The number of fused-ring (bicyclic) bond motifs is 1. The SMILES string of the molecule is O=C1NN=C2C=C(c3cc([N+](=O)[O-])c(O)c([N+](=O)[O-])c3)CC(c3ccccc3Br)C12. The lowest BCUT2D eigenvalue weighted by molar-refractivity contribution is -0.396. The molecule has 0 aromatic heterocycles. The van der Waals surface area contributed by atoms with E-state index in [1.807, 2.05) is 24.3 Å². The Bertz CT molecular complexity index is 1140. The van der Waals surface area contributed by atoms with Crippen molar-refractivity contribution >= 4 is 44.5 Å². The molecule has 1 aliphatic carbocycles. The smallest absolute Gasteiger partial charge is 0.318 e. The van der Waals surface area contributed by atoms with E-state index < -0.39 is 32.9 Å². The van der Waals surface area contributed by atoms with Crippen LogP contribution in [0.25, 0.3) is 5.57 Å². The number of amides is 1. The third kappa shape index (κ3) is 3.22. The van der Waals surface area contributed by atoms with Crippen LogP contribution in [0.3, 0.4) is 0 Å². The van der Waals surface area contributed by atoms with E-state index in [9.17, 15) is 30.1 Å². The predicted molar refractivity (Wildman–Crippen MR) is 110 cm³/mol. The summed E-state index contributed by atoms with van der Waals surface area (Å²) >= 11 is 3.49. The van der Waals surface area contributed by atoms with Gasteiger partial charge >= 0.3 is 11.4 Å². The number of allylic oxidation sites excluding steroid dienone is 2. The van der Waals surface area contributed by atoms with E-state index in [-0.39, 0.29) is 17.4 Å². The highest BCUT2D eigenvalue weighted by Crippen LogP contribution is 2.46. The fourth-order valence-electron chi connectivity index (χ4n) is 3.83. The molecular weight excluding hydrogens is 460 g/mol. The third-order valence-electron chi connectivity index (χ3n) is 5.20. The molecule has 0 saturated carbocycles. The van der Waals surface area contributed by atoms with Crippen molar-refractivity contribution in [2.45, 2.75) is 12.3 Å². The van der Waals surface area contributed by atoms with Gasteiger partial charge in [0.1, 0.15) is 0 Å². The number of hydrogen-bond donors (Lipinski definition) is 2. The van der Waals surface area contributed by atoms with Gasteiger partial charge < -0.3 is 5.11 Å². The number of hydrogen-bond acceptors (Lipinski definition) is 7. The van der Waals surface area contributed by atoms with Crippen LogP contribution in [0.2, 0.25) is 0 Å². The van der Waals surface area contributed by atoms with Crippen LogP contribution in [0, 0.1) is 26.1 Å². The lowest BCUT2D eigenvalue weighted by Gasteiger charge is -2.29. The zero-order valence-electron chi connectivity index (χ0n) is 15.1. The molecule has 2 aromatic carbocycles. The van der Waals surface area contributed by atoms with Gasteiger partial charge in [0, 0.05) is 22.5 Å². The van der Waals surface area contributed by atoms with Gasteiger partial charge in [0.2, 0.25) is 5.91 Å². The number of nitrogens with one attached hydrogen (secondary N) is 1. The summed E-state index contributed by atoms with van der Waals surface area (Å²) in [5, 5.41) is 36.6. The topological polar surface area (TPSA) is 148 Å². The molecule has 1 aliphatic heterocycles. The molecule has 2 unspecified atom stereocenters. The Balaban J connectivity index is 1.87. The average molecular weight is 473 g/mol. The maximum Gasteiger partial charge on any atom is 0.318 e. The van der Waals surface area contributed by atoms with Crippen molar-refractivity contribution in [1.29, 1.82) is 0 Å². The molecule has 2 atom stereocenters. The molecule has 30 heavy (non-hydrogen) atoms. The van der Waals surface area contributed by atoms with E-state index in [0.717, 1.165) is 22.2 Å². The molecule has 0 saturated heterocycles. The van der Waals surface area contributed by atoms with Gasteiger partial charge in [-0.3, -0.25) is 25.0 Å². The molecule has 2 aliphatic rings. The Labute approximate surface area is 177 Å². The summed E-state index contributed by atoms with van der Waals surface area (Å²) in [4.78, 5) is 33.3. The van der Waals surface area contributed by atoms with Crippen molar-refractivity contribution in [2.24, 2.45) is 11.0 Å². The van der Waals surface area contributed by atoms with Gasteiger partial charge in [0.25, 0.3) is 5.75 Å². The van der Waals surface area contributed by atoms with Crippen molar-refractivity contribution in [1.82, 2.24) is 5.43 Å². The van der Waals surface area contributed by atoms with Crippen LogP contribution >= 0.6 is 15.9 Å². The quantitative estimate of drug-likeness (QED) is 0.512. The van der Waals surface area contributed by atoms with E-state index in [2.05, 4.69) is 26.5 Å². The molecule has 2 aromatic rings. The van der Waals surface area contributed by atoms with Crippen molar-refractivity contribution in [3.63, 3.8) is 0 Å². The summed E-state index contributed by atoms with van der Waals surface area (Å²) in [5.74, 6) is -2.15. The maximum absolute atomic E-state index is 12.4. The first-order valence-electron chi connectivity index (χ1n) is 8.76. The number of halogens is 1. The number of aromatic hydroxyl groups is 1. The molecule has 0 spiro atoms. The van der Waals surface area contributed by atoms with Gasteiger partial charge in [-0.2, -0.15) is 5.10 Å². The zero-order chi connectivity index (χ0) is 21.6. The number of phenolic OH excluding ortho intramolecular Hbond substituents is 1. The first-order chi connectivity index (χ1) is 14.3. The molecule has 11 heteroatoms. The predicted octanol–water partition coefficient (Wildman–Crippen LogP) is 3.64. The lowest BCUT2D eigenvalue weighted by atomic mass is 9.73. The Hall–Kier alpha value is -3.60. The first kappa shape index (κ1) is 19.7. The van der Waals surface area contributed by atoms with Crippen LogP contribution < -0.4 is 5.43 Å². The van der Waals surface area contributed by atoms with Gasteiger partial charge in [-0.25, -0.2) is 5.43 Å². The van der Waals surface area contributed by atoms with E-state index in [1.165, 1.54) is 0 Å². The van der Waals surface area contributed by atoms with Crippen molar-refractivity contribution in [3.05, 3.63) is 78.3 Å². The van der Waals surface area contributed by atoms with Crippen molar-refractivity contribution < 1.29 is 19.7 Å². The minimum atomic E-state index is -1.000. The number of nitrogens with zero attached hydrogens (tertiary/aromatic N) is 3. The number of nitro groups is 2. The van der Waals surface area contributed by atoms with Gasteiger partial charge in [0.05, 0.1) is 21.5 Å². The Morgan fingerprint density at radius 1 is 1.13 bits per heavy atom. The summed E-state index contributed by atoms with van der Waals surface area (Å²) in [7, 11) is 0. The van der Waals surface area contributed by atoms with E-state index >= 15 is 0 Å². The highest BCUT2D eigenvalue weighted by atomic mass is 79.9. The summed E-state index contributed by atoms with van der Waals surface area (Å²) in [6.07, 6.45) is 1.90. The van der Waals surface area contributed by atoms with Crippen LogP contribution in [0.4, 0.5) is 11.4 Å². The first-order valence-corrected chi connectivity index (χ1v) is 9.55. The molecule has 2 N–H and O–H groups in total. The number of nitro benzene ring substituents is 2. The third-order valence-corrected chi connectivity index (χ3v) is 5.92. The highest BCUT2D eigenvalue weighted by molar-refractivity contribution is 9.10. The summed E-state index contributed by atoms with van der Waals surface area (Å²) in [6, 6.07) is 9.56. The van der Waals surface area contributed by atoms with Crippen LogP contribution in [0.1, 0.15) is 23.5 Å². The molecule has 0 bridgehead atoms. The van der Waals surface area contributed by atoms with Gasteiger partial charge in [-0.1, -0.05) is 34.1 Å². The lowest BCUT2D eigenvalue weighted by Crippen LogP contribution is -2.31. The van der Waals surface area contributed by atoms with Crippen LogP contribution in [-0.4, -0.2) is 26.6 Å². The second-order valence-electron chi connectivity index (χ2n) is 6.87. The van der Waals surface area contributed by atoms with Crippen LogP contribution in [0.15, 0.2) is 52.0 Å². The molecule has 10 nitrogen and oxygen atoms in total. The van der Waals surface area contributed by atoms with Crippen molar-refractivity contribution in [3.8, 4) is 5.75 Å². The molecule has 1 amide bonds. The number of hydrazone groups is 1. The van der Waals surface area contributed by atoms with Gasteiger partial charge in [0.15, 0.2) is 0 Å². The largest absolute Gasteiger partial charge is 0.497 e.